The number of aryl methyl sites for hydroxylation is 1. The van der Waals surface area contributed by atoms with Crippen LogP contribution in [0.2, 0.25) is 5.02 Å². The van der Waals surface area contributed by atoms with Gasteiger partial charge in [0.1, 0.15) is 5.82 Å². The topological polar surface area (TPSA) is 59.7 Å². The third-order valence-electron chi connectivity index (χ3n) is 3.89. The lowest BCUT2D eigenvalue weighted by molar-refractivity contribution is -0.141. The van der Waals surface area contributed by atoms with Gasteiger partial charge in [-0.3, -0.25) is 9.48 Å². The summed E-state index contributed by atoms with van der Waals surface area (Å²) in [5.74, 6) is -0.719. The first-order valence-electron chi connectivity index (χ1n) is 7.36. The molecule has 1 aliphatic rings. The predicted octanol–water partition coefficient (Wildman–Crippen LogP) is 2.36. The second-order valence-electron chi connectivity index (χ2n) is 5.57. The summed E-state index contributed by atoms with van der Waals surface area (Å²) in [5.41, 5.74) is 1.41. The molecule has 1 unspecified atom stereocenters. The van der Waals surface area contributed by atoms with Gasteiger partial charge in [0.25, 0.3) is 5.91 Å². The second-order valence-corrected chi connectivity index (χ2v) is 5.98. The highest BCUT2D eigenvalue weighted by Gasteiger charge is 2.33. The van der Waals surface area contributed by atoms with Gasteiger partial charge < -0.3 is 9.74 Å². The maximum absolute atomic E-state index is 14.0. The van der Waals surface area contributed by atoms with E-state index in [4.69, 9.17) is 16.4 Å². The van der Waals surface area contributed by atoms with E-state index < -0.39 is 11.9 Å². The van der Waals surface area contributed by atoms with Gasteiger partial charge in [0.15, 0.2) is 0 Å². The van der Waals surface area contributed by atoms with Crippen molar-refractivity contribution in [2.75, 3.05) is 7.05 Å². The SMILES string of the molecule is CN(Cc1ccnn1C)C(=O)C1CC(c2c(F)cccc2Cl)=NO1. The number of rotatable bonds is 4. The van der Waals surface area contributed by atoms with Crippen molar-refractivity contribution in [3.63, 3.8) is 0 Å². The molecule has 0 fully saturated rings. The van der Waals surface area contributed by atoms with Crippen molar-refractivity contribution >= 4 is 23.2 Å². The van der Waals surface area contributed by atoms with Gasteiger partial charge >= 0.3 is 0 Å². The molecule has 1 aromatic heterocycles. The number of carbonyl (C=O) groups excluding carboxylic acids is 1. The fourth-order valence-electron chi connectivity index (χ4n) is 2.55. The van der Waals surface area contributed by atoms with Crippen molar-refractivity contribution in [1.29, 1.82) is 0 Å². The van der Waals surface area contributed by atoms with E-state index in [1.807, 2.05) is 6.07 Å². The van der Waals surface area contributed by atoms with Gasteiger partial charge in [0.05, 0.1) is 28.5 Å². The number of likely N-dealkylation sites (N-methyl/N-ethyl adjacent to an activating group) is 1. The van der Waals surface area contributed by atoms with Crippen LogP contribution in [0.5, 0.6) is 0 Å². The maximum atomic E-state index is 14.0. The van der Waals surface area contributed by atoms with Gasteiger partial charge in [0, 0.05) is 26.7 Å². The fraction of sp³-hybridized carbons (Fsp3) is 0.312. The van der Waals surface area contributed by atoms with Gasteiger partial charge in [-0.25, -0.2) is 4.39 Å². The van der Waals surface area contributed by atoms with E-state index in [0.29, 0.717) is 12.3 Å². The Hall–Kier alpha value is -2.41. The molecule has 1 aliphatic heterocycles. The van der Waals surface area contributed by atoms with Crippen LogP contribution in [0.25, 0.3) is 0 Å². The second kappa shape index (κ2) is 6.60. The molecule has 0 saturated heterocycles. The quantitative estimate of drug-likeness (QED) is 0.850. The zero-order chi connectivity index (χ0) is 17.3. The monoisotopic (exact) mass is 350 g/mol. The van der Waals surface area contributed by atoms with Gasteiger partial charge in [-0.2, -0.15) is 5.10 Å². The number of nitrogens with zero attached hydrogens (tertiary/aromatic N) is 4. The van der Waals surface area contributed by atoms with E-state index in [9.17, 15) is 9.18 Å². The third-order valence-corrected chi connectivity index (χ3v) is 4.21. The van der Waals surface area contributed by atoms with Crippen LogP contribution in [-0.2, 0) is 23.2 Å². The lowest BCUT2D eigenvalue weighted by atomic mass is 10.0. The standard InChI is InChI=1S/C16H16ClFN4O2/c1-21(9-10-6-7-19-22(10)2)16(23)14-8-13(20-24-14)15-11(17)4-3-5-12(15)18/h3-7,14H,8-9H2,1-2H3. The zero-order valence-corrected chi connectivity index (χ0v) is 14.0. The Morgan fingerprint density at radius 1 is 1.50 bits per heavy atom. The van der Waals surface area contributed by atoms with E-state index in [2.05, 4.69) is 10.3 Å². The van der Waals surface area contributed by atoms with Crippen LogP contribution < -0.4 is 0 Å². The van der Waals surface area contributed by atoms with Gasteiger partial charge in [0.2, 0.25) is 6.10 Å². The Morgan fingerprint density at radius 2 is 2.29 bits per heavy atom. The average molecular weight is 351 g/mol. The van der Waals surface area contributed by atoms with Crippen molar-refractivity contribution in [3.8, 4) is 0 Å². The van der Waals surface area contributed by atoms with Gasteiger partial charge in [-0.05, 0) is 18.2 Å². The van der Waals surface area contributed by atoms with Crippen LogP contribution >= 0.6 is 11.6 Å². The molecule has 0 bridgehead atoms. The number of amides is 1. The summed E-state index contributed by atoms with van der Waals surface area (Å²) >= 11 is 6.03. The van der Waals surface area contributed by atoms with E-state index in [0.717, 1.165) is 5.69 Å². The van der Waals surface area contributed by atoms with E-state index in [-0.39, 0.29) is 22.9 Å². The minimum atomic E-state index is -0.783. The Morgan fingerprint density at radius 3 is 2.96 bits per heavy atom. The zero-order valence-electron chi connectivity index (χ0n) is 13.2. The number of benzene rings is 1. The minimum absolute atomic E-state index is 0.176. The summed E-state index contributed by atoms with van der Waals surface area (Å²) in [6.07, 6.45) is 1.06. The lowest BCUT2D eigenvalue weighted by Crippen LogP contribution is -2.36. The summed E-state index contributed by atoms with van der Waals surface area (Å²) in [4.78, 5) is 19.2. The molecule has 0 spiro atoms. The third kappa shape index (κ3) is 3.12. The summed E-state index contributed by atoms with van der Waals surface area (Å²) in [7, 11) is 3.48. The summed E-state index contributed by atoms with van der Waals surface area (Å²) < 4.78 is 15.7. The molecule has 0 saturated carbocycles. The van der Waals surface area contributed by atoms with Crippen LogP contribution in [0.4, 0.5) is 4.39 Å². The Labute approximate surface area is 143 Å². The maximum Gasteiger partial charge on any atom is 0.267 e. The highest BCUT2D eigenvalue weighted by Crippen LogP contribution is 2.26. The molecule has 126 valence electrons. The number of hydrogen-bond acceptors (Lipinski definition) is 4. The number of carbonyl (C=O) groups is 1. The van der Waals surface area contributed by atoms with Crippen LogP contribution in [0.3, 0.4) is 0 Å². The van der Waals surface area contributed by atoms with Crippen molar-refractivity contribution in [2.24, 2.45) is 12.2 Å². The lowest BCUT2D eigenvalue weighted by Gasteiger charge is -2.19. The predicted molar refractivity (Wildman–Crippen MR) is 87.1 cm³/mol. The Kier molecular flexibility index (Phi) is 4.53. The highest BCUT2D eigenvalue weighted by atomic mass is 35.5. The van der Waals surface area contributed by atoms with Crippen LogP contribution in [0.15, 0.2) is 35.6 Å². The highest BCUT2D eigenvalue weighted by molar-refractivity contribution is 6.34. The first-order chi connectivity index (χ1) is 11.5. The number of halogens is 2. The Bertz CT molecular complexity index is 785. The van der Waals surface area contributed by atoms with Crippen molar-refractivity contribution in [3.05, 3.63) is 52.6 Å². The first-order valence-corrected chi connectivity index (χ1v) is 7.74. The average Bonchev–Trinajstić information content (AvgIpc) is 3.16. The molecule has 1 atom stereocenters. The minimum Gasteiger partial charge on any atom is -0.382 e. The normalized spacial score (nSPS) is 16.7. The largest absolute Gasteiger partial charge is 0.382 e. The summed E-state index contributed by atoms with van der Waals surface area (Å²) in [6, 6.07) is 6.22. The van der Waals surface area contributed by atoms with Crippen LogP contribution in [-0.4, -0.2) is 39.5 Å². The van der Waals surface area contributed by atoms with Crippen LogP contribution in [0, 0.1) is 5.82 Å². The molecule has 3 rings (SSSR count). The van der Waals surface area contributed by atoms with Gasteiger partial charge in [-0.1, -0.05) is 22.8 Å². The molecular formula is C16H16ClFN4O2. The molecule has 1 aromatic carbocycles. The molecule has 0 N–H and O–H groups in total. The molecule has 2 aromatic rings. The smallest absolute Gasteiger partial charge is 0.267 e. The molecule has 1 amide bonds. The number of aromatic nitrogens is 2. The fourth-order valence-corrected chi connectivity index (χ4v) is 2.83. The van der Waals surface area contributed by atoms with Crippen molar-refractivity contribution in [2.45, 2.75) is 19.1 Å². The first kappa shape index (κ1) is 16.4. The van der Waals surface area contributed by atoms with Crippen molar-refractivity contribution in [1.82, 2.24) is 14.7 Å². The molecule has 0 radical (unpaired) electrons. The summed E-state index contributed by atoms with van der Waals surface area (Å²) in [5, 5.41) is 8.16. The molecule has 0 aliphatic carbocycles. The van der Waals surface area contributed by atoms with Crippen LogP contribution in [0.1, 0.15) is 17.7 Å². The molecule has 24 heavy (non-hydrogen) atoms. The molecule has 6 nitrogen and oxygen atoms in total. The van der Waals surface area contributed by atoms with Gasteiger partial charge in [-0.15, -0.1) is 0 Å². The van der Waals surface area contributed by atoms with E-state index in [1.54, 1.807) is 31.0 Å². The van der Waals surface area contributed by atoms with E-state index >= 15 is 0 Å². The number of hydrogen-bond donors (Lipinski definition) is 0. The van der Waals surface area contributed by atoms with Crippen molar-refractivity contribution < 1.29 is 14.0 Å². The summed E-state index contributed by atoms with van der Waals surface area (Å²) in [6.45, 7) is 0.394. The number of oxime groups is 1. The molecular weight excluding hydrogens is 335 g/mol. The molecule has 8 heteroatoms. The Balaban J connectivity index is 1.68. The molecule has 2 heterocycles. The van der Waals surface area contributed by atoms with E-state index in [1.165, 1.54) is 17.0 Å².